The second-order valence-corrected chi connectivity index (χ2v) is 7.25. The van der Waals surface area contributed by atoms with E-state index in [1.807, 2.05) is 0 Å². The topological polar surface area (TPSA) is 21.7 Å². The number of hydrogen-bond donors (Lipinski definition) is 0. The van der Waals surface area contributed by atoms with E-state index in [2.05, 4.69) is 36.8 Å². The molecule has 0 fully saturated rings. The Morgan fingerprint density at radius 3 is 2.44 bits per heavy atom. The lowest BCUT2D eigenvalue weighted by Gasteiger charge is -2.40. The smallest absolute Gasteiger partial charge is 0.161 e. The lowest BCUT2D eigenvalue weighted by Crippen LogP contribution is -2.38. The summed E-state index contributed by atoms with van der Waals surface area (Å²) in [5.74, 6) is 4.97. The molecule has 1 aromatic rings. The normalized spacial score (nSPS) is 17.2. The molecule has 0 aromatic heterocycles. The van der Waals surface area contributed by atoms with Crippen LogP contribution in [0.25, 0.3) is 0 Å². The molecule has 1 aliphatic heterocycles. The predicted octanol–water partition coefficient (Wildman–Crippen LogP) is 4.84. The first kappa shape index (κ1) is 19.7. The number of rotatable bonds is 9. The Kier molecular flexibility index (Phi) is 7.65. The first-order valence-electron chi connectivity index (χ1n) is 9.54. The Labute approximate surface area is 153 Å². The second kappa shape index (κ2) is 9.73. The van der Waals surface area contributed by atoms with E-state index in [1.165, 1.54) is 30.4 Å². The van der Waals surface area contributed by atoms with Crippen molar-refractivity contribution < 1.29 is 9.47 Å². The zero-order chi connectivity index (χ0) is 18.2. The van der Waals surface area contributed by atoms with E-state index in [1.54, 1.807) is 14.2 Å². The minimum Gasteiger partial charge on any atom is -0.493 e. The third-order valence-electron chi connectivity index (χ3n) is 5.17. The SMILES string of the molecule is C#CCCCCCCN1CCc2cc(OC)c(OC)cc2C1C(C)C. The molecule has 0 bridgehead atoms. The lowest BCUT2D eigenvalue weighted by atomic mass is 9.85. The van der Waals surface area contributed by atoms with Crippen molar-refractivity contribution in [1.82, 2.24) is 4.90 Å². The minimum atomic E-state index is 0.453. The molecule has 25 heavy (non-hydrogen) atoms. The van der Waals surface area contributed by atoms with Crippen LogP contribution in [0.4, 0.5) is 0 Å². The fourth-order valence-corrected chi connectivity index (χ4v) is 3.96. The molecule has 0 saturated heterocycles. The van der Waals surface area contributed by atoms with Crippen molar-refractivity contribution >= 4 is 0 Å². The Balaban J connectivity index is 2.09. The van der Waals surface area contributed by atoms with Gasteiger partial charge in [0.25, 0.3) is 0 Å². The van der Waals surface area contributed by atoms with Gasteiger partial charge in [0.2, 0.25) is 0 Å². The van der Waals surface area contributed by atoms with Gasteiger partial charge in [-0.1, -0.05) is 26.7 Å². The predicted molar refractivity (Wildman–Crippen MR) is 104 cm³/mol. The largest absolute Gasteiger partial charge is 0.493 e. The van der Waals surface area contributed by atoms with Crippen LogP contribution in [0.15, 0.2) is 12.1 Å². The number of ether oxygens (including phenoxy) is 2. The van der Waals surface area contributed by atoms with Crippen LogP contribution >= 0.6 is 0 Å². The van der Waals surface area contributed by atoms with Gasteiger partial charge in [0.15, 0.2) is 11.5 Å². The fraction of sp³-hybridized carbons (Fsp3) is 0.636. The van der Waals surface area contributed by atoms with E-state index in [4.69, 9.17) is 15.9 Å². The molecule has 1 heterocycles. The van der Waals surface area contributed by atoms with Crippen molar-refractivity contribution in [1.29, 1.82) is 0 Å². The average Bonchev–Trinajstić information content (AvgIpc) is 2.62. The Morgan fingerprint density at radius 1 is 1.12 bits per heavy atom. The quantitative estimate of drug-likeness (QED) is 0.473. The molecule has 0 aliphatic carbocycles. The number of unbranched alkanes of at least 4 members (excludes halogenated alkanes) is 4. The standard InChI is InChI=1S/C22H33NO2/c1-6-7-8-9-10-11-13-23-14-12-18-15-20(24-4)21(25-5)16-19(18)22(23)17(2)3/h1,15-17,22H,7-14H2,2-5H3. The summed E-state index contributed by atoms with van der Waals surface area (Å²) in [5.41, 5.74) is 2.81. The molecule has 0 radical (unpaired) electrons. The van der Waals surface area contributed by atoms with Gasteiger partial charge in [0.1, 0.15) is 0 Å². The van der Waals surface area contributed by atoms with Crippen LogP contribution in [-0.2, 0) is 6.42 Å². The van der Waals surface area contributed by atoms with Crippen LogP contribution in [0.3, 0.4) is 0 Å². The summed E-state index contributed by atoms with van der Waals surface area (Å²) in [6.45, 7) is 6.91. The molecule has 0 saturated carbocycles. The van der Waals surface area contributed by atoms with Crippen molar-refractivity contribution in [3.8, 4) is 23.8 Å². The molecule has 1 aromatic carbocycles. The molecule has 2 rings (SSSR count). The van der Waals surface area contributed by atoms with Crippen LogP contribution in [-0.4, -0.2) is 32.2 Å². The molecule has 1 aliphatic rings. The maximum atomic E-state index is 5.54. The highest BCUT2D eigenvalue weighted by molar-refractivity contribution is 5.49. The van der Waals surface area contributed by atoms with E-state index < -0.39 is 0 Å². The van der Waals surface area contributed by atoms with Crippen LogP contribution < -0.4 is 9.47 Å². The lowest BCUT2D eigenvalue weighted by molar-refractivity contribution is 0.140. The third-order valence-corrected chi connectivity index (χ3v) is 5.17. The number of fused-ring (bicyclic) bond motifs is 1. The summed E-state index contributed by atoms with van der Waals surface area (Å²) < 4.78 is 11.0. The summed E-state index contributed by atoms with van der Waals surface area (Å²) in [7, 11) is 3.42. The zero-order valence-corrected chi connectivity index (χ0v) is 16.3. The number of methoxy groups -OCH3 is 2. The van der Waals surface area contributed by atoms with Crippen LogP contribution in [0, 0.1) is 18.3 Å². The van der Waals surface area contributed by atoms with Gasteiger partial charge >= 0.3 is 0 Å². The maximum Gasteiger partial charge on any atom is 0.161 e. The second-order valence-electron chi connectivity index (χ2n) is 7.25. The molecule has 138 valence electrons. The summed E-state index contributed by atoms with van der Waals surface area (Å²) in [5, 5.41) is 0. The molecule has 0 spiro atoms. The van der Waals surface area contributed by atoms with Gasteiger partial charge in [-0.2, -0.15) is 0 Å². The average molecular weight is 344 g/mol. The van der Waals surface area contributed by atoms with Gasteiger partial charge in [-0.3, -0.25) is 4.90 Å². The molecule has 1 atom stereocenters. The monoisotopic (exact) mass is 343 g/mol. The number of hydrogen-bond acceptors (Lipinski definition) is 3. The van der Waals surface area contributed by atoms with Gasteiger partial charge in [-0.25, -0.2) is 0 Å². The van der Waals surface area contributed by atoms with E-state index in [9.17, 15) is 0 Å². The van der Waals surface area contributed by atoms with E-state index in [0.717, 1.165) is 43.9 Å². The Hall–Kier alpha value is -1.66. The Morgan fingerprint density at radius 2 is 1.80 bits per heavy atom. The number of terminal acetylenes is 1. The summed E-state index contributed by atoms with van der Waals surface area (Å²) in [6.07, 6.45) is 12.2. The van der Waals surface area contributed by atoms with Gasteiger partial charge in [-0.15, -0.1) is 12.3 Å². The van der Waals surface area contributed by atoms with Crippen molar-refractivity contribution in [2.45, 2.75) is 58.4 Å². The zero-order valence-electron chi connectivity index (χ0n) is 16.3. The van der Waals surface area contributed by atoms with Gasteiger partial charge in [0.05, 0.1) is 14.2 Å². The summed E-state index contributed by atoms with van der Waals surface area (Å²) in [6, 6.07) is 4.81. The maximum absolute atomic E-state index is 5.54. The van der Waals surface area contributed by atoms with Crippen molar-refractivity contribution in [2.24, 2.45) is 5.92 Å². The summed E-state index contributed by atoms with van der Waals surface area (Å²) >= 11 is 0. The first-order chi connectivity index (χ1) is 12.1. The third kappa shape index (κ3) is 4.92. The van der Waals surface area contributed by atoms with Gasteiger partial charge in [-0.05, 0) is 55.0 Å². The van der Waals surface area contributed by atoms with E-state index in [-0.39, 0.29) is 0 Å². The van der Waals surface area contributed by atoms with Gasteiger partial charge in [0, 0.05) is 19.0 Å². The molecular weight excluding hydrogens is 310 g/mol. The summed E-state index contributed by atoms with van der Waals surface area (Å²) in [4.78, 5) is 2.65. The van der Waals surface area contributed by atoms with E-state index in [0.29, 0.717) is 12.0 Å². The highest BCUT2D eigenvalue weighted by Gasteiger charge is 2.30. The highest BCUT2D eigenvalue weighted by Crippen LogP contribution is 2.41. The number of nitrogens with zero attached hydrogens (tertiary/aromatic N) is 1. The van der Waals surface area contributed by atoms with Crippen molar-refractivity contribution in [3.05, 3.63) is 23.3 Å². The highest BCUT2D eigenvalue weighted by atomic mass is 16.5. The molecular formula is C22H33NO2. The molecule has 1 unspecified atom stereocenters. The Bertz CT molecular complexity index is 588. The first-order valence-corrected chi connectivity index (χ1v) is 9.54. The molecule has 0 amide bonds. The molecule has 3 nitrogen and oxygen atoms in total. The van der Waals surface area contributed by atoms with Gasteiger partial charge < -0.3 is 9.47 Å². The van der Waals surface area contributed by atoms with Crippen LogP contribution in [0.1, 0.15) is 63.1 Å². The van der Waals surface area contributed by atoms with Crippen molar-refractivity contribution in [3.63, 3.8) is 0 Å². The van der Waals surface area contributed by atoms with Crippen LogP contribution in [0.2, 0.25) is 0 Å². The number of benzene rings is 1. The van der Waals surface area contributed by atoms with Crippen molar-refractivity contribution in [2.75, 3.05) is 27.3 Å². The molecule has 0 N–H and O–H groups in total. The fourth-order valence-electron chi connectivity index (χ4n) is 3.96. The van der Waals surface area contributed by atoms with E-state index >= 15 is 0 Å². The van der Waals surface area contributed by atoms with Crippen LogP contribution in [0.5, 0.6) is 11.5 Å². The minimum absolute atomic E-state index is 0.453. The molecule has 3 heteroatoms.